The number of rotatable bonds is 13. The van der Waals surface area contributed by atoms with Crippen molar-refractivity contribution in [2.45, 2.75) is 213 Å². The van der Waals surface area contributed by atoms with Crippen LogP contribution in [0, 0.1) is 20.8 Å². The molecular formula is C45H91BO2Si8. The monoisotopic (exact) mass is 899 g/mol. The zero-order valence-corrected chi connectivity index (χ0v) is 50.4. The molecule has 1 aliphatic rings. The second-order valence-electron chi connectivity index (χ2n) is 27.0. The third kappa shape index (κ3) is 9.62. The maximum absolute atomic E-state index is 7.74. The molecule has 1 unspecified atom stereocenters. The van der Waals surface area contributed by atoms with E-state index in [0.29, 0.717) is 15.5 Å². The first-order chi connectivity index (χ1) is 24.5. The van der Waals surface area contributed by atoms with Crippen molar-refractivity contribution in [1.82, 2.24) is 0 Å². The lowest BCUT2D eigenvalue weighted by molar-refractivity contribution is 0.00578. The Bertz CT molecular complexity index is 1620. The first-order valence-corrected chi connectivity index (χ1v) is 50.1. The molecule has 0 N–H and O–H groups in total. The summed E-state index contributed by atoms with van der Waals surface area (Å²) in [5, 5.41) is 5.33. The zero-order valence-electron chi connectivity index (χ0n) is 42.4. The first-order valence-electron chi connectivity index (χ1n) is 22.1. The molecule has 1 aliphatic heterocycles. The van der Waals surface area contributed by atoms with Gasteiger partial charge in [-0.25, -0.2) is 0 Å². The van der Waals surface area contributed by atoms with Gasteiger partial charge in [0.15, 0.2) is 7.46 Å². The van der Waals surface area contributed by atoms with Gasteiger partial charge in [-0.3, -0.25) is 0 Å². The van der Waals surface area contributed by atoms with Gasteiger partial charge in [0.2, 0.25) is 0 Å². The number of aryl methyl sites for hydroxylation is 3. The summed E-state index contributed by atoms with van der Waals surface area (Å²) >= 11 is 0. The highest BCUT2D eigenvalue weighted by molar-refractivity contribution is 7.71. The van der Waals surface area contributed by atoms with Crippen LogP contribution in [0.25, 0.3) is 0 Å². The van der Waals surface area contributed by atoms with Gasteiger partial charge in [0.1, 0.15) is 0 Å². The van der Waals surface area contributed by atoms with Gasteiger partial charge < -0.3 is 9.31 Å². The molecule has 0 saturated carbocycles. The predicted octanol–water partition coefficient (Wildman–Crippen LogP) is 13.3. The minimum Gasteiger partial charge on any atom is -0.406 e. The molecule has 318 valence electrons. The van der Waals surface area contributed by atoms with Crippen LogP contribution in [0.3, 0.4) is 0 Å². The average molecular weight is 900 g/mol. The molecule has 0 amide bonds. The third-order valence-corrected chi connectivity index (χ3v) is 57.1. The SMILES string of the molecule is Cc1cc(C)c([Si](B2OC(C)(C)C(C)(C)O2)(c2c(C([Si](C)(C)C)[Si](C)(C)C)cc(C([Si](C)(C)C)[Si](C)(C)C)cc2C([Si](C)(C)C)[Si](C)(C)C)[Si](C)(C)C)c(C)c1. The van der Waals surface area contributed by atoms with E-state index in [1.54, 1.807) is 21.9 Å². The second kappa shape index (κ2) is 15.5. The molecule has 2 aromatic rings. The molecule has 56 heavy (non-hydrogen) atoms. The highest BCUT2D eigenvalue weighted by Gasteiger charge is 2.69. The summed E-state index contributed by atoms with van der Waals surface area (Å²) in [7, 11) is -15.7. The van der Waals surface area contributed by atoms with Crippen molar-refractivity contribution in [3.05, 3.63) is 57.6 Å². The van der Waals surface area contributed by atoms with Crippen LogP contribution >= 0.6 is 0 Å². The molecule has 2 nitrogen and oxygen atoms in total. The van der Waals surface area contributed by atoms with Gasteiger partial charge in [0, 0.05) is 56.0 Å². The highest BCUT2D eigenvalue weighted by atomic mass is 29.3. The van der Waals surface area contributed by atoms with Crippen molar-refractivity contribution in [3.8, 4) is 0 Å². The van der Waals surface area contributed by atoms with Gasteiger partial charge in [-0.2, -0.15) is 0 Å². The van der Waals surface area contributed by atoms with Gasteiger partial charge in [0.05, 0.1) is 11.2 Å². The molecule has 11 heteroatoms. The molecule has 3 rings (SSSR count). The molecule has 0 aliphatic carbocycles. The van der Waals surface area contributed by atoms with E-state index in [2.05, 4.69) is 210 Å². The molecule has 0 bridgehead atoms. The van der Waals surface area contributed by atoms with Crippen molar-refractivity contribution in [2.75, 3.05) is 0 Å². The van der Waals surface area contributed by atoms with Crippen LogP contribution in [0.2, 0.25) is 137 Å². The third-order valence-electron chi connectivity index (χ3n) is 13.6. The first kappa shape index (κ1) is 50.5. The Hall–Kier alpha value is 0.160. The topological polar surface area (TPSA) is 18.5 Å². The molecular weight excluding hydrogens is 808 g/mol. The van der Waals surface area contributed by atoms with Gasteiger partial charge in [0.25, 0.3) is 0 Å². The standard InChI is InChI=1S/C45H91BO2Si8/c1-33-29-34(2)39(35(3)30-33)56(55(26,27)28,46-47-44(4,5)45(6,7)48-46)40-37(42(51(14,15)16)52(17,18)19)31-36(41(49(8,9)10)50(11,12)13)32-38(40)43(53(20,21)22)54(23,24)25/h29-32,41-43H,1-28H3. The molecule has 1 heterocycles. The van der Waals surface area contributed by atoms with Crippen LogP contribution in [-0.2, 0) is 9.31 Å². The van der Waals surface area contributed by atoms with E-state index in [4.69, 9.17) is 9.31 Å². The van der Waals surface area contributed by atoms with Crippen LogP contribution in [-0.4, -0.2) is 81.4 Å². The van der Waals surface area contributed by atoms with Crippen LogP contribution in [0.15, 0.2) is 24.3 Å². The lowest BCUT2D eigenvalue weighted by Crippen LogP contribution is -2.84. The maximum Gasteiger partial charge on any atom is 0.442 e. The maximum atomic E-state index is 7.74. The quantitative estimate of drug-likeness (QED) is 0.187. The summed E-state index contributed by atoms with van der Waals surface area (Å²) in [5.41, 5.74) is 8.72. The van der Waals surface area contributed by atoms with E-state index in [-0.39, 0.29) is 6.71 Å². The predicted molar refractivity (Wildman–Crippen MR) is 280 cm³/mol. The second-order valence-corrected chi connectivity index (χ2v) is 75.0. The van der Waals surface area contributed by atoms with E-state index in [9.17, 15) is 0 Å². The molecule has 1 saturated heterocycles. The van der Waals surface area contributed by atoms with Gasteiger partial charge in [-0.1, -0.05) is 200 Å². The van der Waals surface area contributed by atoms with E-state index in [1.165, 1.54) is 16.7 Å². The smallest absolute Gasteiger partial charge is 0.406 e. The van der Waals surface area contributed by atoms with Crippen molar-refractivity contribution in [1.29, 1.82) is 0 Å². The molecule has 0 radical (unpaired) electrons. The van der Waals surface area contributed by atoms with Crippen LogP contribution in [0.4, 0.5) is 0 Å². The van der Waals surface area contributed by atoms with Crippen LogP contribution < -0.4 is 10.4 Å². The fourth-order valence-corrected chi connectivity index (χ4v) is 67.2. The minimum atomic E-state index is -2.98. The summed E-state index contributed by atoms with van der Waals surface area (Å²) in [4.78, 5) is 0. The van der Waals surface area contributed by atoms with Gasteiger partial charge >= 0.3 is 6.71 Å². The van der Waals surface area contributed by atoms with Crippen molar-refractivity contribution in [2.24, 2.45) is 0 Å². The van der Waals surface area contributed by atoms with Crippen LogP contribution in [0.5, 0.6) is 0 Å². The lowest BCUT2D eigenvalue weighted by Gasteiger charge is -2.52. The Morgan fingerprint density at radius 1 is 0.429 bits per heavy atom. The largest absolute Gasteiger partial charge is 0.442 e. The average Bonchev–Trinajstić information content (AvgIpc) is 3.07. The van der Waals surface area contributed by atoms with Crippen molar-refractivity contribution in [3.63, 3.8) is 0 Å². The van der Waals surface area contributed by atoms with Crippen molar-refractivity contribution >= 4 is 80.6 Å². The summed E-state index contributed by atoms with van der Waals surface area (Å²) < 4.78 is 15.5. The molecule has 0 aromatic heterocycles. The number of hydrogen-bond donors (Lipinski definition) is 0. The van der Waals surface area contributed by atoms with E-state index in [1.807, 2.05) is 5.19 Å². The van der Waals surface area contributed by atoms with Gasteiger partial charge in [-0.15, -0.1) is 0 Å². The van der Waals surface area contributed by atoms with E-state index >= 15 is 0 Å². The molecule has 1 fully saturated rings. The summed E-state index contributed by atoms with van der Waals surface area (Å²) in [6.45, 7) is 73.0. The highest BCUT2D eigenvalue weighted by Crippen LogP contribution is 2.48. The number of hydrogen-bond acceptors (Lipinski definition) is 2. The molecule has 1 atom stereocenters. The Morgan fingerprint density at radius 2 is 0.714 bits per heavy atom. The Balaban J connectivity index is 3.12. The summed E-state index contributed by atoms with van der Waals surface area (Å²) in [6, 6.07) is 10.9. The Morgan fingerprint density at radius 3 is 0.964 bits per heavy atom. The molecule has 0 spiro atoms. The molecule has 2 aromatic carbocycles. The minimum absolute atomic E-state index is 0.264. The lowest BCUT2D eigenvalue weighted by atomic mass is 9.90. The van der Waals surface area contributed by atoms with Gasteiger partial charge in [-0.05, 0) is 69.5 Å². The summed E-state index contributed by atoms with van der Waals surface area (Å²) in [5.74, 6) is 0. The van der Waals surface area contributed by atoms with E-state index in [0.717, 1.165) is 0 Å². The summed E-state index contributed by atoms with van der Waals surface area (Å²) in [6.07, 6.45) is 0. The fraction of sp³-hybridized carbons (Fsp3) is 0.733. The Kier molecular flexibility index (Phi) is 14.0. The van der Waals surface area contributed by atoms with Crippen molar-refractivity contribution < 1.29 is 9.31 Å². The van der Waals surface area contributed by atoms with Crippen LogP contribution in [0.1, 0.15) is 76.6 Å². The fourth-order valence-electron chi connectivity index (χ4n) is 12.8. The zero-order chi connectivity index (χ0) is 44.2. The number of benzene rings is 2. The normalized spacial score (nSPS) is 18.7. The Labute approximate surface area is 357 Å². The van der Waals surface area contributed by atoms with E-state index < -0.39 is 74.7 Å².